The predicted octanol–water partition coefficient (Wildman–Crippen LogP) is 5.20. The van der Waals surface area contributed by atoms with Crippen molar-refractivity contribution in [1.82, 2.24) is 20.3 Å². The zero-order chi connectivity index (χ0) is 21.5. The number of amides is 1. The lowest BCUT2D eigenvalue weighted by Crippen LogP contribution is -2.31. The van der Waals surface area contributed by atoms with Crippen LogP contribution in [0.5, 0.6) is 0 Å². The Bertz CT molecular complexity index is 982. The summed E-state index contributed by atoms with van der Waals surface area (Å²) < 4.78 is 14.0. The number of para-hydroxylation sites is 1. The topological polar surface area (TPSA) is 67.8 Å². The van der Waals surface area contributed by atoms with Gasteiger partial charge in [-0.25, -0.2) is 14.4 Å². The minimum Gasteiger partial charge on any atom is -0.352 e. The number of nitrogens with zero attached hydrogens (tertiary/aromatic N) is 3. The molecule has 6 heteroatoms. The van der Waals surface area contributed by atoms with Crippen LogP contribution >= 0.6 is 0 Å². The fraction of sp³-hybridized carbons (Fsp3) is 0.417. The third kappa shape index (κ3) is 4.99. The van der Waals surface area contributed by atoms with Gasteiger partial charge in [-0.05, 0) is 62.1 Å². The van der Waals surface area contributed by atoms with Crippen LogP contribution in [0.1, 0.15) is 67.2 Å². The molecule has 30 heavy (non-hydrogen) atoms. The molecule has 1 amide bonds. The van der Waals surface area contributed by atoms with Gasteiger partial charge in [0.25, 0.3) is 5.91 Å². The lowest BCUT2D eigenvalue weighted by atomic mass is 9.78. The number of fused-ring (bicyclic) bond motifs is 1. The second-order valence-corrected chi connectivity index (χ2v) is 7.48. The largest absolute Gasteiger partial charge is 0.352 e. The summed E-state index contributed by atoms with van der Waals surface area (Å²) in [5.74, 6) is 1.12. The van der Waals surface area contributed by atoms with E-state index in [0.717, 1.165) is 31.1 Å². The van der Waals surface area contributed by atoms with Gasteiger partial charge >= 0.3 is 0 Å². The Morgan fingerprint density at radius 3 is 2.47 bits per heavy atom. The highest BCUT2D eigenvalue weighted by molar-refractivity contribution is 5.93. The summed E-state index contributed by atoms with van der Waals surface area (Å²) in [6.45, 7) is 6.45. The maximum atomic E-state index is 14.0. The molecule has 5 nitrogen and oxygen atoms in total. The Hall–Kier alpha value is -2.89. The summed E-state index contributed by atoms with van der Waals surface area (Å²) in [5.41, 5.74) is 2.13. The van der Waals surface area contributed by atoms with Crippen LogP contribution in [-0.4, -0.2) is 27.4 Å². The fourth-order valence-electron chi connectivity index (χ4n) is 4.04. The fourth-order valence-corrected chi connectivity index (χ4v) is 4.04. The Morgan fingerprint density at radius 1 is 1.07 bits per heavy atom. The Labute approximate surface area is 177 Å². The van der Waals surface area contributed by atoms with Crippen molar-refractivity contribution < 1.29 is 9.18 Å². The molecule has 3 aromatic rings. The summed E-state index contributed by atoms with van der Waals surface area (Å²) in [6, 6.07) is 7.18. The summed E-state index contributed by atoms with van der Waals surface area (Å²) in [4.78, 5) is 24.6. The van der Waals surface area contributed by atoms with Gasteiger partial charge < -0.3 is 5.32 Å². The second kappa shape index (κ2) is 10.2. The highest BCUT2D eigenvalue weighted by Gasteiger charge is 2.24. The molecule has 2 heterocycles. The molecule has 1 fully saturated rings. The number of pyridine rings is 1. The summed E-state index contributed by atoms with van der Waals surface area (Å²) in [5, 5.41) is 3.92. The van der Waals surface area contributed by atoms with Gasteiger partial charge in [0, 0.05) is 30.5 Å². The van der Waals surface area contributed by atoms with Gasteiger partial charge in [0.15, 0.2) is 0 Å². The smallest absolute Gasteiger partial charge is 0.254 e. The monoisotopic (exact) mass is 408 g/mol. The van der Waals surface area contributed by atoms with Crippen molar-refractivity contribution in [1.29, 1.82) is 0 Å². The van der Waals surface area contributed by atoms with Crippen molar-refractivity contribution in [3.63, 3.8) is 0 Å². The number of nitrogens with one attached hydrogen (secondary N) is 1. The first-order valence-electron chi connectivity index (χ1n) is 10.7. The van der Waals surface area contributed by atoms with Gasteiger partial charge in [-0.2, -0.15) is 0 Å². The highest BCUT2D eigenvalue weighted by atomic mass is 19.1. The number of aromatic nitrogens is 3. The minimum atomic E-state index is -0.268. The molecular weight excluding hydrogens is 379 g/mol. The van der Waals surface area contributed by atoms with Gasteiger partial charge in [0.1, 0.15) is 17.2 Å². The Kier molecular flexibility index (Phi) is 7.44. The van der Waals surface area contributed by atoms with Crippen molar-refractivity contribution in [3.05, 3.63) is 65.6 Å². The average Bonchev–Trinajstić information content (AvgIpc) is 2.80. The maximum absolute atomic E-state index is 14.0. The number of rotatable bonds is 4. The lowest BCUT2D eigenvalue weighted by Gasteiger charge is -2.29. The number of carbonyl (C=O) groups excluding carboxylic acids is 1. The zero-order valence-electron chi connectivity index (χ0n) is 17.9. The third-order valence-electron chi connectivity index (χ3n) is 5.64. The molecule has 2 aromatic heterocycles. The van der Waals surface area contributed by atoms with Crippen LogP contribution in [-0.2, 0) is 0 Å². The number of hydrogen-bond donors (Lipinski definition) is 1. The van der Waals surface area contributed by atoms with E-state index in [1.807, 2.05) is 26.0 Å². The van der Waals surface area contributed by atoms with E-state index in [0.29, 0.717) is 35.3 Å². The lowest BCUT2D eigenvalue weighted by molar-refractivity contribution is 0.0942. The van der Waals surface area contributed by atoms with E-state index in [1.54, 1.807) is 31.6 Å². The van der Waals surface area contributed by atoms with Crippen LogP contribution < -0.4 is 5.32 Å². The van der Waals surface area contributed by atoms with Crippen LogP contribution in [0.3, 0.4) is 0 Å². The normalized spacial score (nSPS) is 18.4. The molecule has 0 radical (unpaired) electrons. The van der Waals surface area contributed by atoms with Crippen molar-refractivity contribution in [3.8, 4) is 0 Å². The van der Waals surface area contributed by atoms with Crippen LogP contribution in [0.15, 0.2) is 42.9 Å². The molecule has 0 unspecified atom stereocenters. The van der Waals surface area contributed by atoms with Gasteiger partial charge in [-0.15, -0.1) is 0 Å². The van der Waals surface area contributed by atoms with Gasteiger partial charge in [-0.3, -0.25) is 9.78 Å². The maximum Gasteiger partial charge on any atom is 0.254 e. The zero-order valence-corrected chi connectivity index (χ0v) is 17.9. The van der Waals surface area contributed by atoms with Crippen LogP contribution in [0.4, 0.5) is 4.39 Å². The van der Waals surface area contributed by atoms with Crippen molar-refractivity contribution in [2.75, 3.05) is 6.54 Å². The van der Waals surface area contributed by atoms with Crippen molar-refractivity contribution in [2.24, 2.45) is 5.92 Å². The molecule has 4 rings (SSSR count). The molecule has 1 aliphatic rings. The van der Waals surface area contributed by atoms with Gasteiger partial charge in [0.2, 0.25) is 0 Å². The SMILES string of the molecule is CC.Cc1ncc(C(=O)NCC2CCC(c3ccnc4c(F)cccc34)CC2)cn1. The predicted molar refractivity (Wildman–Crippen MR) is 117 cm³/mol. The standard InChI is InChI=1S/C22H23FN4O.C2H6/c1-14-25-12-17(13-26-14)22(28)27-11-15-5-7-16(8-6-15)18-9-10-24-21-19(18)3-2-4-20(21)23;1-2/h2-4,9-10,12-13,15-16H,5-8,11H2,1H3,(H,27,28);1-2H3. The number of benzene rings is 1. The molecule has 0 saturated heterocycles. The molecule has 0 aliphatic heterocycles. The summed E-state index contributed by atoms with van der Waals surface area (Å²) in [6.07, 6.45) is 8.96. The number of hydrogen-bond acceptors (Lipinski definition) is 4. The third-order valence-corrected chi connectivity index (χ3v) is 5.64. The Morgan fingerprint density at radius 2 is 1.77 bits per heavy atom. The number of halogens is 1. The van der Waals surface area contributed by atoms with E-state index in [2.05, 4.69) is 20.3 Å². The molecule has 1 aromatic carbocycles. The van der Waals surface area contributed by atoms with E-state index in [4.69, 9.17) is 0 Å². The Balaban J connectivity index is 0.00000124. The molecule has 0 bridgehead atoms. The van der Waals surface area contributed by atoms with Crippen molar-refractivity contribution >= 4 is 16.8 Å². The summed E-state index contributed by atoms with van der Waals surface area (Å²) in [7, 11) is 0. The molecular formula is C24H29FN4O. The quantitative estimate of drug-likeness (QED) is 0.644. The van der Waals surface area contributed by atoms with Crippen molar-refractivity contribution in [2.45, 2.75) is 52.4 Å². The van der Waals surface area contributed by atoms with E-state index < -0.39 is 0 Å². The van der Waals surface area contributed by atoms with E-state index >= 15 is 0 Å². The first-order chi connectivity index (χ1) is 14.6. The van der Waals surface area contributed by atoms with Gasteiger partial charge in [0.05, 0.1) is 5.56 Å². The molecule has 158 valence electrons. The number of aryl methyl sites for hydroxylation is 1. The minimum absolute atomic E-state index is 0.127. The first kappa shape index (κ1) is 21.8. The van der Waals surface area contributed by atoms with Gasteiger partial charge in [-0.1, -0.05) is 26.0 Å². The van der Waals surface area contributed by atoms with E-state index in [1.165, 1.54) is 11.6 Å². The second-order valence-electron chi connectivity index (χ2n) is 7.48. The van der Waals surface area contributed by atoms with E-state index in [9.17, 15) is 9.18 Å². The molecule has 0 atom stereocenters. The van der Waals surface area contributed by atoms with Crippen LogP contribution in [0.2, 0.25) is 0 Å². The van der Waals surface area contributed by atoms with Crippen LogP contribution in [0.25, 0.3) is 10.9 Å². The summed E-state index contributed by atoms with van der Waals surface area (Å²) >= 11 is 0. The van der Waals surface area contributed by atoms with E-state index in [-0.39, 0.29) is 11.7 Å². The first-order valence-corrected chi connectivity index (χ1v) is 10.7. The molecule has 1 aliphatic carbocycles. The highest BCUT2D eigenvalue weighted by Crippen LogP contribution is 2.38. The number of carbonyl (C=O) groups is 1. The average molecular weight is 409 g/mol. The molecule has 0 spiro atoms. The molecule has 1 saturated carbocycles. The molecule has 1 N–H and O–H groups in total. The van der Waals surface area contributed by atoms with Crippen LogP contribution in [0, 0.1) is 18.7 Å².